The molecule has 0 amide bonds. The summed E-state index contributed by atoms with van der Waals surface area (Å²) in [4.78, 5) is 15.6. The molecule has 2 heterocycles. The first-order valence-electron chi connectivity index (χ1n) is 18.8. The van der Waals surface area contributed by atoms with Crippen LogP contribution in [0, 0.1) is 0 Å². The second-order valence-electron chi connectivity index (χ2n) is 14.3. The normalized spacial score (nSPS) is 12.9. The van der Waals surface area contributed by atoms with Crippen LogP contribution in [-0.2, 0) is 5.41 Å². The van der Waals surface area contributed by atoms with Gasteiger partial charge in [0.05, 0.1) is 27.8 Å². The van der Waals surface area contributed by atoms with E-state index in [1.165, 1.54) is 38.8 Å². The molecule has 55 heavy (non-hydrogen) atoms. The Balaban J connectivity index is 1.19. The van der Waals surface area contributed by atoms with Crippen molar-refractivity contribution >= 4 is 32.6 Å². The lowest BCUT2D eigenvalue weighted by Gasteiger charge is -2.34. The first-order chi connectivity index (χ1) is 27.3. The van der Waals surface area contributed by atoms with Gasteiger partial charge in [-0.3, -0.25) is 0 Å². The van der Waals surface area contributed by atoms with Crippen LogP contribution < -0.4 is 0 Å². The number of rotatable bonds is 5. The number of benzene rings is 8. The third kappa shape index (κ3) is 4.80. The molecule has 0 fully saturated rings. The van der Waals surface area contributed by atoms with Gasteiger partial charge >= 0.3 is 0 Å². The highest BCUT2D eigenvalue weighted by atomic mass is 14.9. The second kappa shape index (κ2) is 12.4. The third-order valence-corrected chi connectivity index (χ3v) is 11.3. The van der Waals surface area contributed by atoms with Gasteiger partial charge in [-0.25, -0.2) is 15.0 Å². The number of fused-ring (bicyclic) bond motifs is 7. The molecule has 0 aliphatic heterocycles. The zero-order valence-corrected chi connectivity index (χ0v) is 29.9. The van der Waals surface area contributed by atoms with Gasteiger partial charge < -0.3 is 0 Å². The molecule has 0 N–H and O–H groups in total. The quantitative estimate of drug-likeness (QED) is 0.168. The van der Waals surface area contributed by atoms with Crippen LogP contribution >= 0.6 is 0 Å². The van der Waals surface area contributed by atoms with Gasteiger partial charge in [0.2, 0.25) is 0 Å². The fourth-order valence-electron chi connectivity index (χ4n) is 8.93. The van der Waals surface area contributed by atoms with Crippen molar-refractivity contribution in [1.82, 2.24) is 15.0 Å². The van der Waals surface area contributed by atoms with Crippen LogP contribution in [0.2, 0.25) is 0 Å². The predicted octanol–water partition coefficient (Wildman–Crippen LogP) is 12.7. The molecule has 0 unspecified atom stereocenters. The highest BCUT2D eigenvalue weighted by molar-refractivity contribution is 6.13. The van der Waals surface area contributed by atoms with Gasteiger partial charge in [0.1, 0.15) is 0 Å². The van der Waals surface area contributed by atoms with Gasteiger partial charge in [0.15, 0.2) is 5.82 Å². The van der Waals surface area contributed by atoms with Gasteiger partial charge in [-0.05, 0) is 69.1 Å². The number of para-hydroxylation sites is 2. The summed E-state index contributed by atoms with van der Waals surface area (Å²) in [5, 5.41) is 4.47. The van der Waals surface area contributed by atoms with Crippen LogP contribution in [0.15, 0.2) is 200 Å². The Morgan fingerprint density at radius 3 is 1.56 bits per heavy atom. The maximum atomic E-state index is 5.44. The minimum absolute atomic E-state index is 0.488. The molecular formula is C52H33N3. The Labute approximate surface area is 319 Å². The average Bonchev–Trinajstić information content (AvgIpc) is 3.56. The molecule has 1 aliphatic rings. The maximum absolute atomic E-state index is 5.44. The molecule has 0 saturated carbocycles. The zero-order chi connectivity index (χ0) is 36.3. The summed E-state index contributed by atoms with van der Waals surface area (Å²) in [5.41, 5.74) is 13.9. The predicted molar refractivity (Wildman–Crippen MR) is 226 cm³/mol. The molecule has 0 bridgehead atoms. The first-order valence-corrected chi connectivity index (χ1v) is 18.8. The van der Waals surface area contributed by atoms with E-state index in [2.05, 4.69) is 176 Å². The van der Waals surface area contributed by atoms with E-state index < -0.39 is 5.41 Å². The summed E-state index contributed by atoms with van der Waals surface area (Å²) in [7, 11) is 0. The monoisotopic (exact) mass is 699 g/mol. The Morgan fingerprint density at radius 2 is 0.855 bits per heavy atom. The molecule has 8 aromatic carbocycles. The third-order valence-electron chi connectivity index (χ3n) is 11.3. The zero-order valence-electron chi connectivity index (χ0n) is 29.9. The molecule has 0 spiro atoms. The van der Waals surface area contributed by atoms with Crippen LogP contribution in [0.5, 0.6) is 0 Å². The lowest BCUT2D eigenvalue weighted by molar-refractivity contribution is 0.769. The summed E-state index contributed by atoms with van der Waals surface area (Å²) >= 11 is 0. The molecule has 0 atom stereocenters. The minimum Gasteiger partial charge on any atom is -0.247 e. The van der Waals surface area contributed by atoms with Crippen molar-refractivity contribution in [3.63, 3.8) is 0 Å². The number of hydrogen-bond acceptors (Lipinski definition) is 3. The van der Waals surface area contributed by atoms with E-state index in [0.29, 0.717) is 5.82 Å². The summed E-state index contributed by atoms with van der Waals surface area (Å²) in [6.07, 6.45) is 0. The van der Waals surface area contributed by atoms with Gasteiger partial charge in [0, 0.05) is 32.8 Å². The van der Waals surface area contributed by atoms with Crippen molar-refractivity contribution < 1.29 is 0 Å². The Bertz CT molecular complexity index is 3040. The van der Waals surface area contributed by atoms with Crippen LogP contribution in [0.4, 0.5) is 0 Å². The fourth-order valence-corrected chi connectivity index (χ4v) is 8.93. The molecule has 11 rings (SSSR count). The summed E-state index contributed by atoms with van der Waals surface area (Å²) in [5.74, 6) is 0.712. The summed E-state index contributed by atoms with van der Waals surface area (Å²) < 4.78 is 0. The summed E-state index contributed by atoms with van der Waals surface area (Å²) in [6.45, 7) is 0. The van der Waals surface area contributed by atoms with Crippen molar-refractivity contribution in [1.29, 1.82) is 0 Å². The van der Waals surface area contributed by atoms with E-state index in [9.17, 15) is 0 Å². The van der Waals surface area contributed by atoms with Crippen LogP contribution in [0.3, 0.4) is 0 Å². The standard InChI is InChI=1S/C52H33N3/c1-4-17-34(18-5-1)51-54-48-30-15-12-27-41(48)49(55-51)35-19-16-20-36(31-35)50-44-32-43-39-25-10-13-28-45(39)52(37-21-6-2-7-22-37,38-23-8-3-9-24-38)46(43)33-42(44)40-26-11-14-29-47(40)53-50/h1-33H. The number of hydrogen-bond donors (Lipinski definition) is 0. The molecular weight excluding hydrogens is 667 g/mol. The van der Waals surface area contributed by atoms with E-state index in [1.807, 2.05) is 24.3 Å². The largest absolute Gasteiger partial charge is 0.247 e. The summed E-state index contributed by atoms with van der Waals surface area (Å²) in [6, 6.07) is 71.6. The molecule has 3 heteroatoms. The molecule has 0 saturated heterocycles. The van der Waals surface area contributed by atoms with Gasteiger partial charge in [-0.15, -0.1) is 0 Å². The Kier molecular flexibility index (Phi) is 7.08. The highest BCUT2D eigenvalue weighted by Gasteiger charge is 2.46. The van der Waals surface area contributed by atoms with Crippen molar-refractivity contribution in [2.24, 2.45) is 0 Å². The smallest absolute Gasteiger partial charge is 0.160 e. The van der Waals surface area contributed by atoms with Crippen LogP contribution in [0.25, 0.3) is 77.6 Å². The van der Waals surface area contributed by atoms with Gasteiger partial charge in [-0.1, -0.05) is 170 Å². The second-order valence-corrected chi connectivity index (χ2v) is 14.3. The molecule has 256 valence electrons. The number of aromatic nitrogens is 3. The lowest BCUT2D eigenvalue weighted by atomic mass is 9.67. The Morgan fingerprint density at radius 1 is 0.309 bits per heavy atom. The van der Waals surface area contributed by atoms with Gasteiger partial charge in [-0.2, -0.15) is 0 Å². The SMILES string of the molecule is c1ccc(-c2nc(-c3cccc(-c4nc5ccccc5c5cc6c(cc45)-c4ccccc4C6(c4ccccc4)c4ccccc4)c3)c3ccccc3n2)cc1. The van der Waals surface area contributed by atoms with E-state index in [4.69, 9.17) is 15.0 Å². The first kappa shape index (κ1) is 31.3. The molecule has 10 aromatic rings. The van der Waals surface area contributed by atoms with Crippen molar-refractivity contribution in [2.45, 2.75) is 5.41 Å². The van der Waals surface area contributed by atoms with Crippen molar-refractivity contribution in [3.05, 3.63) is 222 Å². The van der Waals surface area contributed by atoms with Crippen molar-refractivity contribution in [2.75, 3.05) is 0 Å². The fraction of sp³-hybridized carbons (Fsp3) is 0.0192. The van der Waals surface area contributed by atoms with Crippen LogP contribution in [0.1, 0.15) is 22.3 Å². The van der Waals surface area contributed by atoms with Crippen LogP contribution in [-0.4, -0.2) is 15.0 Å². The number of pyridine rings is 1. The van der Waals surface area contributed by atoms with E-state index in [0.717, 1.165) is 55.3 Å². The molecule has 1 aliphatic carbocycles. The lowest BCUT2D eigenvalue weighted by Crippen LogP contribution is -2.28. The molecule has 2 aromatic heterocycles. The molecule has 3 nitrogen and oxygen atoms in total. The molecule has 0 radical (unpaired) electrons. The van der Waals surface area contributed by atoms with E-state index in [-0.39, 0.29) is 0 Å². The topological polar surface area (TPSA) is 38.7 Å². The maximum Gasteiger partial charge on any atom is 0.160 e. The number of nitrogens with zero attached hydrogens (tertiary/aromatic N) is 3. The van der Waals surface area contributed by atoms with E-state index in [1.54, 1.807) is 0 Å². The van der Waals surface area contributed by atoms with Crippen molar-refractivity contribution in [3.8, 4) is 45.0 Å². The Hall–Kier alpha value is -7.23. The van der Waals surface area contributed by atoms with Gasteiger partial charge in [0.25, 0.3) is 0 Å². The minimum atomic E-state index is -0.488. The highest BCUT2D eigenvalue weighted by Crippen LogP contribution is 2.57. The average molecular weight is 700 g/mol. The van der Waals surface area contributed by atoms with E-state index >= 15 is 0 Å².